The Kier molecular flexibility index (Phi) is 5.16. The average molecular weight is 261 g/mol. The van der Waals surface area contributed by atoms with Crippen molar-refractivity contribution in [2.45, 2.75) is 13.0 Å². The van der Waals surface area contributed by atoms with Gasteiger partial charge in [0, 0.05) is 12.6 Å². The summed E-state index contributed by atoms with van der Waals surface area (Å²) in [4.78, 5) is 10.3. The summed E-state index contributed by atoms with van der Waals surface area (Å²) in [6.07, 6.45) is -0.726. The lowest BCUT2D eigenvalue weighted by atomic mass is 10.1. The van der Waals surface area contributed by atoms with E-state index >= 15 is 0 Å². The number of alkyl halides is 2. The van der Waals surface area contributed by atoms with E-state index in [2.05, 4.69) is 10.1 Å². The van der Waals surface area contributed by atoms with E-state index in [0.717, 1.165) is 0 Å². The number of amides is 1. The summed E-state index contributed by atoms with van der Waals surface area (Å²) in [5.41, 5.74) is 0.702. The van der Waals surface area contributed by atoms with E-state index in [1.807, 2.05) is 0 Å². The van der Waals surface area contributed by atoms with Crippen LogP contribution in [0.5, 0.6) is 11.5 Å². The van der Waals surface area contributed by atoms with Crippen LogP contribution in [0.1, 0.15) is 5.56 Å². The SMILES string of the molecule is COc1cc(OC(F)F)ccc1CCNC(=O)O. The second-order valence-corrected chi connectivity index (χ2v) is 3.33. The zero-order valence-electron chi connectivity index (χ0n) is 9.65. The Hall–Kier alpha value is -2.05. The van der Waals surface area contributed by atoms with Crippen LogP contribution >= 0.6 is 0 Å². The number of benzene rings is 1. The van der Waals surface area contributed by atoms with Crippen LogP contribution in [0, 0.1) is 0 Å². The van der Waals surface area contributed by atoms with Gasteiger partial charge in [0.15, 0.2) is 0 Å². The van der Waals surface area contributed by atoms with E-state index in [0.29, 0.717) is 17.7 Å². The molecular formula is C11H13F2NO4. The Bertz CT molecular complexity index is 412. The topological polar surface area (TPSA) is 67.8 Å². The van der Waals surface area contributed by atoms with Crippen molar-refractivity contribution in [2.24, 2.45) is 0 Å². The van der Waals surface area contributed by atoms with Crippen molar-refractivity contribution in [3.63, 3.8) is 0 Å². The van der Waals surface area contributed by atoms with Gasteiger partial charge < -0.3 is 19.9 Å². The van der Waals surface area contributed by atoms with E-state index in [9.17, 15) is 13.6 Å². The second-order valence-electron chi connectivity index (χ2n) is 3.33. The van der Waals surface area contributed by atoms with Gasteiger partial charge in [-0.15, -0.1) is 0 Å². The Morgan fingerprint density at radius 3 is 2.78 bits per heavy atom. The highest BCUT2D eigenvalue weighted by atomic mass is 19.3. The van der Waals surface area contributed by atoms with Crippen molar-refractivity contribution in [3.8, 4) is 11.5 Å². The van der Waals surface area contributed by atoms with Crippen molar-refractivity contribution >= 4 is 6.09 Å². The molecule has 0 heterocycles. The monoisotopic (exact) mass is 261 g/mol. The molecule has 0 aromatic heterocycles. The summed E-state index contributed by atoms with van der Waals surface area (Å²) < 4.78 is 33.3. The normalized spacial score (nSPS) is 10.2. The number of nitrogens with one attached hydrogen (secondary N) is 1. The predicted molar refractivity (Wildman–Crippen MR) is 59.4 cm³/mol. The molecule has 7 heteroatoms. The number of ether oxygens (including phenoxy) is 2. The zero-order valence-corrected chi connectivity index (χ0v) is 9.65. The van der Waals surface area contributed by atoms with Gasteiger partial charge in [0.05, 0.1) is 7.11 Å². The molecule has 0 saturated carbocycles. The van der Waals surface area contributed by atoms with E-state index < -0.39 is 12.7 Å². The highest BCUT2D eigenvalue weighted by molar-refractivity contribution is 5.64. The molecule has 0 atom stereocenters. The molecule has 5 nitrogen and oxygen atoms in total. The summed E-state index contributed by atoms with van der Waals surface area (Å²) in [6, 6.07) is 4.27. The van der Waals surface area contributed by atoms with Crippen molar-refractivity contribution in [3.05, 3.63) is 23.8 Å². The Labute approximate surface area is 102 Å². The molecule has 0 saturated heterocycles. The lowest BCUT2D eigenvalue weighted by Crippen LogP contribution is -2.23. The van der Waals surface area contributed by atoms with Crippen LogP contribution in [0.25, 0.3) is 0 Å². The van der Waals surface area contributed by atoms with Gasteiger partial charge in [-0.3, -0.25) is 0 Å². The number of carboxylic acid groups (broad SMARTS) is 1. The number of halogens is 2. The van der Waals surface area contributed by atoms with E-state index in [-0.39, 0.29) is 12.3 Å². The molecule has 0 spiro atoms. The first-order valence-electron chi connectivity index (χ1n) is 5.11. The van der Waals surface area contributed by atoms with Crippen LogP contribution in [-0.4, -0.2) is 31.5 Å². The van der Waals surface area contributed by atoms with Crippen LogP contribution in [0.15, 0.2) is 18.2 Å². The fraction of sp³-hybridized carbons (Fsp3) is 0.364. The molecule has 0 fully saturated rings. The highest BCUT2D eigenvalue weighted by Gasteiger charge is 2.09. The number of carbonyl (C=O) groups is 1. The van der Waals surface area contributed by atoms with Crippen molar-refractivity contribution < 1.29 is 28.2 Å². The summed E-state index contributed by atoms with van der Waals surface area (Å²) in [7, 11) is 1.40. The van der Waals surface area contributed by atoms with Gasteiger partial charge in [-0.2, -0.15) is 8.78 Å². The maximum absolute atomic E-state index is 12.0. The van der Waals surface area contributed by atoms with Crippen LogP contribution in [0.4, 0.5) is 13.6 Å². The molecule has 0 aliphatic carbocycles. The third-order valence-corrected chi connectivity index (χ3v) is 2.15. The molecule has 0 aliphatic heterocycles. The molecule has 0 unspecified atom stereocenters. The van der Waals surface area contributed by atoms with Gasteiger partial charge >= 0.3 is 12.7 Å². The third kappa shape index (κ3) is 4.44. The molecule has 0 radical (unpaired) electrons. The molecule has 1 aromatic rings. The van der Waals surface area contributed by atoms with Crippen LogP contribution in [0.2, 0.25) is 0 Å². The van der Waals surface area contributed by atoms with Crippen LogP contribution < -0.4 is 14.8 Å². The predicted octanol–water partition coefficient (Wildman–Crippen LogP) is 2.11. The molecule has 2 N–H and O–H groups in total. The lowest BCUT2D eigenvalue weighted by Gasteiger charge is -2.11. The first kappa shape index (κ1) is 14.0. The Morgan fingerprint density at radius 2 is 2.22 bits per heavy atom. The molecule has 1 aromatic carbocycles. The summed E-state index contributed by atoms with van der Waals surface area (Å²) in [5.74, 6) is 0.372. The van der Waals surface area contributed by atoms with Crippen molar-refractivity contribution in [2.75, 3.05) is 13.7 Å². The molecule has 0 aliphatic rings. The van der Waals surface area contributed by atoms with Crippen molar-refractivity contribution in [1.82, 2.24) is 5.32 Å². The minimum Gasteiger partial charge on any atom is -0.496 e. The van der Waals surface area contributed by atoms with Gasteiger partial charge in [-0.1, -0.05) is 6.07 Å². The van der Waals surface area contributed by atoms with E-state index in [1.165, 1.54) is 19.2 Å². The third-order valence-electron chi connectivity index (χ3n) is 2.15. The molecular weight excluding hydrogens is 248 g/mol. The Balaban J connectivity index is 2.70. The second kappa shape index (κ2) is 6.63. The minimum absolute atomic E-state index is 0.00297. The largest absolute Gasteiger partial charge is 0.496 e. The first-order valence-corrected chi connectivity index (χ1v) is 5.11. The average Bonchev–Trinajstić information content (AvgIpc) is 2.29. The summed E-state index contributed by atoms with van der Waals surface area (Å²) in [6.45, 7) is -2.69. The van der Waals surface area contributed by atoms with Crippen LogP contribution in [0.3, 0.4) is 0 Å². The van der Waals surface area contributed by atoms with Crippen LogP contribution in [-0.2, 0) is 6.42 Å². The van der Waals surface area contributed by atoms with Gasteiger partial charge in [0.1, 0.15) is 11.5 Å². The molecule has 0 bridgehead atoms. The lowest BCUT2D eigenvalue weighted by molar-refractivity contribution is -0.0499. The van der Waals surface area contributed by atoms with E-state index in [1.54, 1.807) is 6.07 Å². The molecule has 1 amide bonds. The number of hydrogen-bond donors (Lipinski definition) is 2. The molecule has 100 valence electrons. The maximum atomic E-state index is 12.0. The number of methoxy groups -OCH3 is 1. The zero-order chi connectivity index (χ0) is 13.5. The first-order chi connectivity index (χ1) is 8.52. The quantitative estimate of drug-likeness (QED) is 0.823. The molecule has 1 rings (SSSR count). The van der Waals surface area contributed by atoms with Gasteiger partial charge in [0.25, 0.3) is 0 Å². The fourth-order valence-electron chi connectivity index (χ4n) is 1.41. The number of hydrogen-bond acceptors (Lipinski definition) is 3. The summed E-state index contributed by atoms with van der Waals surface area (Å²) in [5, 5.41) is 10.6. The van der Waals surface area contributed by atoms with Gasteiger partial charge in [-0.05, 0) is 18.1 Å². The Morgan fingerprint density at radius 1 is 1.50 bits per heavy atom. The smallest absolute Gasteiger partial charge is 0.404 e. The highest BCUT2D eigenvalue weighted by Crippen LogP contribution is 2.26. The minimum atomic E-state index is -2.89. The van der Waals surface area contributed by atoms with Crippen molar-refractivity contribution in [1.29, 1.82) is 0 Å². The van der Waals surface area contributed by atoms with Gasteiger partial charge in [-0.25, -0.2) is 4.79 Å². The fourth-order valence-corrected chi connectivity index (χ4v) is 1.41. The molecule has 18 heavy (non-hydrogen) atoms. The van der Waals surface area contributed by atoms with E-state index in [4.69, 9.17) is 9.84 Å². The van der Waals surface area contributed by atoms with Gasteiger partial charge in [0.2, 0.25) is 0 Å². The standard InChI is InChI=1S/C11H13F2NO4/c1-17-9-6-8(18-10(12)13)3-2-7(9)4-5-14-11(15)16/h2-3,6,10,14H,4-5H2,1H3,(H,15,16). The summed E-state index contributed by atoms with van der Waals surface area (Å²) >= 11 is 0. The maximum Gasteiger partial charge on any atom is 0.404 e. The number of rotatable bonds is 6.